The fraction of sp³-hybridized carbons (Fsp3) is 0.300. The van der Waals surface area contributed by atoms with Gasteiger partial charge in [0.2, 0.25) is 17.6 Å². The number of carbonyl (C=O) groups excluding carboxylic acids is 1. The number of ether oxygens (including phenoxy) is 1. The molecule has 1 aromatic carbocycles. The third-order valence-corrected chi connectivity index (χ3v) is 5.27. The number of aromatic nitrogens is 3. The van der Waals surface area contributed by atoms with Crippen molar-refractivity contribution in [3.8, 4) is 23.0 Å². The van der Waals surface area contributed by atoms with Crippen LogP contribution in [0, 0.1) is 5.92 Å². The van der Waals surface area contributed by atoms with Crippen LogP contribution in [0.15, 0.2) is 53.2 Å². The lowest BCUT2D eigenvalue weighted by molar-refractivity contribution is -0.130. The number of benzene rings is 1. The van der Waals surface area contributed by atoms with Gasteiger partial charge in [0.1, 0.15) is 11.5 Å². The number of pyridine rings is 1. The molecule has 3 atom stereocenters. The Bertz CT molecular complexity index is 972. The Kier molecular flexibility index (Phi) is 3.94. The number of rotatable bonds is 4. The van der Waals surface area contributed by atoms with E-state index in [4.69, 9.17) is 9.26 Å². The van der Waals surface area contributed by atoms with Crippen LogP contribution >= 0.6 is 0 Å². The minimum Gasteiger partial charge on any atom is -0.438 e. The van der Waals surface area contributed by atoms with E-state index in [1.165, 1.54) is 0 Å². The molecule has 1 aliphatic heterocycles. The molecule has 0 radical (unpaired) electrons. The van der Waals surface area contributed by atoms with Crippen LogP contribution in [0.1, 0.15) is 24.7 Å². The number of para-hydroxylation sites is 1. The summed E-state index contributed by atoms with van der Waals surface area (Å²) in [7, 11) is 0. The average Bonchev–Trinajstić information content (AvgIpc) is 3.14. The largest absolute Gasteiger partial charge is 0.438 e. The monoisotopic (exact) mass is 362 g/mol. The molecule has 136 valence electrons. The zero-order chi connectivity index (χ0) is 18.2. The SMILES string of the molecule is O=C1CCN[C@H]2[C@@H]1C[C@@H]2c1nc(-c2cccnc2Oc2ccccc2)no1. The van der Waals surface area contributed by atoms with Crippen LogP contribution in [0.2, 0.25) is 0 Å². The maximum atomic E-state index is 11.9. The van der Waals surface area contributed by atoms with Crippen molar-refractivity contribution < 1.29 is 14.1 Å². The number of Topliss-reactive ketones (excluding diaryl/α,β-unsaturated/α-hetero) is 1. The molecule has 7 nitrogen and oxygen atoms in total. The standard InChI is InChI=1S/C20H18N4O3/c25-16-8-10-21-17-14(16)11-15(17)20-23-18(24-27-20)13-7-4-9-22-19(13)26-12-5-2-1-3-6-12/h1-7,9,14-15,17,21H,8,10-11H2/t14-,15+,17+/m1/s1. The van der Waals surface area contributed by atoms with E-state index in [1.54, 1.807) is 6.20 Å². The molecule has 27 heavy (non-hydrogen) atoms. The molecular formula is C20H18N4O3. The van der Waals surface area contributed by atoms with Gasteiger partial charge in [-0.2, -0.15) is 4.98 Å². The van der Waals surface area contributed by atoms with Gasteiger partial charge in [-0.25, -0.2) is 4.98 Å². The van der Waals surface area contributed by atoms with Gasteiger partial charge >= 0.3 is 0 Å². The third kappa shape index (κ3) is 2.90. The van der Waals surface area contributed by atoms with Crippen molar-refractivity contribution in [1.82, 2.24) is 20.4 Å². The summed E-state index contributed by atoms with van der Waals surface area (Å²) in [5.41, 5.74) is 0.667. The van der Waals surface area contributed by atoms with Crippen molar-refractivity contribution in [2.45, 2.75) is 24.8 Å². The Labute approximate surface area is 155 Å². The van der Waals surface area contributed by atoms with E-state index in [0.29, 0.717) is 41.1 Å². The number of fused-ring (bicyclic) bond motifs is 1. The molecule has 1 saturated carbocycles. The fourth-order valence-corrected chi connectivity index (χ4v) is 3.81. The highest BCUT2D eigenvalue weighted by atomic mass is 16.5. The summed E-state index contributed by atoms with van der Waals surface area (Å²) in [5.74, 6) is 2.60. The molecule has 5 rings (SSSR count). The Balaban J connectivity index is 1.40. The van der Waals surface area contributed by atoms with Gasteiger partial charge in [0.25, 0.3) is 0 Å². The molecule has 2 aliphatic rings. The predicted molar refractivity (Wildman–Crippen MR) is 96.3 cm³/mol. The number of hydrogen-bond acceptors (Lipinski definition) is 7. The van der Waals surface area contributed by atoms with Crippen molar-refractivity contribution in [2.24, 2.45) is 5.92 Å². The average molecular weight is 362 g/mol. The van der Waals surface area contributed by atoms with Gasteiger partial charge in [0.05, 0.1) is 11.5 Å². The topological polar surface area (TPSA) is 90.1 Å². The summed E-state index contributed by atoms with van der Waals surface area (Å²) in [6.07, 6.45) is 3.04. The van der Waals surface area contributed by atoms with Gasteiger partial charge in [-0.1, -0.05) is 23.4 Å². The molecule has 0 bridgehead atoms. The molecule has 3 heterocycles. The summed E-state index contributed by atoms with van der Waals surface area (Å²) in [5, 5.41) is 7.53. The van der Waals surface area contributed by atoms with E-state index in [-0.39, 0.29) is 17.9 Å². The van der Waals surface area contributed by atoms with E-state index in [0.717, 1.165) is 13.0 Å². The predicted octanol–water partition coefficient (Wildman–Crippen LogP) is 2.96. The summed E-state index contributed by atoms with van der Waals surface area (Å²) in [6, 6.07) is 13.2. The molecule has 0 amide bonds. The van der Waals surface area contributed by atoms with Crippen LogP contribution in [0.3, 0.4) is 0 Å². The van der Waals surface area contributed by atoms with Gasteiger partial charge in [-0.15, -0.1) is 0 Å². The van der Waals surface area contributed by atoms with Gasteiger partial charge in [0.15, 0.2) is 0 Å². The maximum Gasteiger partial charge on any atom is 0.231 e. The molecule has 7 heteroatoms. The summed E-state index contributed by atoms with van der Waals surface area (Å²) in [4.78, 5) is 20.8. The minimum atomic E-state index is 0.0782. The second kappa shape index (κ2) is 6.59. The van der Waals surface area contributed by atoms with Crippen molar-refractivity contribution in [2.75, 3.05) is 6.54 Å². The second-order valence-corrected chi connectivity index (χ2v) is 6.87. The number of nitrogens with one attached hydrogen (secondary N) is 1. The second-order valence-electron chi connectivity index (χ2n) is 6.87. The van der Waals surface area contributed by atoms with Crippen LogP contribution in [0.5, 0.6) is 11.6 Å². The first kappa shape index (κ1) is 16.1. The van der Waals surface area contributed by atoms with E-state index in [2.05, 4.69) is 20.4 Å². The summed E-state index contributed by atoms with van der Waals surface area (Å²) >= 11 is 0. The quantitative estimate of drug-likeness (QED) is 0.763. The van der Waals surface area contributed by atoms with Crippen molar-refractivity contribution in [3.05, 3.63) is 54.6 Å². The van der Waals surface area contributed by atoms with Gasteiger partial charge in [0, 0.05) is 31.1 Å². The summed E-state index contributed by atoms with van der Waals surface area (Å²) in [6.45, 7) is 0.717. The number of hydrogen-bond donors (Lipinski definition) is 1. The highest BCUT2D eigenvalue weighted by Gasteiger charge is 2.49. The van der Waals surface area contributed by atoms with Crippen LogP contribution in [0.4, 0.5) is 0 Å². The molecule has 2 aromatic heterocycles. The highest BCUT2D eigenvalue weighted by molar-refractivity contribution is 5.84. The molecule has 3 aromatic rings. The zero-order valence-corrected chi connectivity index (χ0v) is 14.5. The van der Waals surface area contributed by atoms with E-state index in [1.807, 2.05) is 42.5 Å². The first-order valence-corrected chi connectivity index (χ1v) is 9.07. The number of carbonyl (C=O) groups is 1. The number of ketones is 1. The normalized spacial score (nSPS) is 24.1. The van der Waals surface area contributed by atoms with E-state index in [9.17, 15) is 4.79 Å². The van der Waals surface area contributed by atoms with Crippen LogP contribution in [0.25, 0.3) is 11.4 Å². The Morgan fingerprint density at radius 1 is 1.11 bits per heavy atom. The van der Waals surface area contributed by atoms with Gasteiger partial charge in [-0.05, 0) is 30.7 Å². The zero-order valence-electron chi connectivity index (χ0n) is 14.5. The van der Waals surface area contributed by atoms with Crippen LogP contribution in [-0.2, 0) is 4.79 Å². The lowest BCUT2D eigenvalue weighted by Gasteiger charge is -2.45. The van der Waals surface area contributed by atoms with Crippen LogP contribution in [-0.4, -0.2) is 33.5 Å². The Hall–Kier alpha value is -3.06. The fourth-order valence-electron chi connectivity index (χ4n) is 3.81. The molecule has 0 unspecified atom stereocenters. The lowest BCUT2D eigenvalue weighted by atomic mass is 9.65. The van der Waals surface area contributed by atoms with E-state index >= 15 is 0 Å². The van der Waals surface area contributed by atoms with E-state index < -0.39 is 0 Å². The summed E-state index contributed by atoms with van der Waals surface area (Å²) < 4.78 is 11.4. The molecule has 0 spiro atoms. The first-order valence-electron chi connectivity index (χ1n) is 9.07. The molecule has 1 N–H and O–H groups in total. The number of nitrogens with zero attached hydrogens (tertiary/aromatic N) is 3. The Morgan fingerprint density at radius 2 is 2.00 bits per heavy atom. The van der Waals surface area contributed by atoms with Crippen molar-refractivity contribution in [3.63, 3.8) is 0 Å². The minimum absolute atomic E-state index is 0.0782. The Morgan fingerprint density at radius 3 is 2.89 bits per heavy atom. The van der Waals surface area contributed by atoms with Gasteiger partial charge < -0.3 is 14.6 Å². The van der Waals surface area contributed by atoms with Gasteiger partial charge in [-0.3, -0.25) is 4.79 Å². The first-order chi connectivity index (χ1) is 13.3. The molecule has 2 fully saturated rings. The molecule has 1 aliphatic carbocycles. The smallest absolute Gasteiger partial charge is 0.231 e. The number of piperidine rings is 1. The lowest BCUT2D eigenvalue weighted by Crippen LogP contribution is -2.57. The van der Waals surface area contributed by atoms with Crippen molar-refractivity contribution >= 4 is 5.78 Å². The molecular weight excluding hydrogens is 344 g/mol. The third-order valence-electron chi connectivity index (χ3n) is 5.27. The van der Waals surface area contributed by atoms with Crippen LogP contribution < -0.4 is 10.1 Å². The maximum absolute atomic E-state index is 11.9. The molecule has 1 saturated heterocycles. The van der Waals surface area contributed by atoms with Crippen molar-refractivity contribution in [1.29, 1.82) is 0 Å². The highest BCUT2D eigenvalue weighted by Crippen LogP contribution is 2.44.